The highest BCUT2D eigenvalue weighted by atomic mass is 31.2. The van der Waals surface area contributed by atoms with Gasteiger partial charge in [0.15, 0.2) is 5.78 Å². The van der Waals surface area contributed by atoms with Gasteiger partial charge in [-0.15, -0.1) is 0 Å². The third-order valence-corrected chi connectivity index (χ3v) is 13.5. The first-order valence-electron chi connectivity index (χ1n) is 16.0. The number of amides is 1. The maximum Gasteiger partial charge on any atom is 0.407 e. The number of unbranched alkanes of at least 4 members (excludes halogenated alkanes) is 1. The summed E-state index contributed by atoms with van der Waals surface area (Å²) in [5, 5.41) is 24.5. The van der Waals surface area contributed by atoms with Crippen molar-refractivity contribution in [3.8, 4) is 6.07 Å². The molecule has 0 saturated heterocycles. The molecule has 1 saturated carbocycles. The van der Waals surface area contributed by atoms with Gasteiger partial charge in [0.2, 0.25) is 0 Å². The molecule has 0 aromatic heterocycles. The number of rotatable bonds is 13. The Morgan fingerprint density at radius 3 is 1.76 bits per heavy atom. The number of nitrogens with zero attached hydrogens (tertiary/aromatic N) is 2. The summed E-state index contributed by atoms with van der Waals surface area (Å²) in [6, 6.07) is 36.8. The summed E-state index contributed by atoms with van der Waals surface area (Å²) in [5.74, 6) is -0.745. The first-order chi connectivity index (χ1) is 22.3. The van der Waals surface area contributed by atoms with Crippen LogP contribution >= 0.6 is 6.89 Å². The number of benzene rings is 4. The molecular formula is C39H40FN2O3P. The lowest BCUT2D eigenvalue weighted by Crippen LogP contribution is -2.54. The molecule has 1 fully saturated rings. The van der Waals surface area contributed by atoms with Crippen molar-refractivity contribution in [2.75, 3.05) is 6.54 Å². The van der Waals surface area contributed by atoms with E-state index in [4.69, 9.17) is 0 Å². The fourth-order valence-electron chi connectivity index (χ4n) is 6.84. The van der Waals surface area contributed by atoms with Gasteiger partial charge in [0, 0.05) is 6.54 Å². The number of hydrogen-bond donors (Lipinski definition) is 1. The molecule has 46 heavy (non-hydrogen) atoms. The van der Waals surface area contributed by atoms with E-state index in [0.717, 1.165) is 47.2 Å². The molecule has 1 aliphatic carbocycles. The van der Waals surface area contributed by atoms with Crippen LogP contribution in [0.15, 0.2) is 115 Å². The van der Waals surface area contributed by atoms with Crippen LogP contribution in [0, 0.1) is 22.6 Å². The second-order valence-electron chi connectivity index (χ2n) is 12.2. The highest BCUT2D eigenvalue weighted by Gasteiger charge is 2.44. The van der Waals surface area contributed by atoms with Crippen molar-refractivity contribution in [3.63, 3.8) is 0 Å². The van der Waals surface area contributed by atoms with Crippen LogP contribution in [-0.2, 0) is 11.2 Å². The molecule has 7 heteroatoms. The normalized spacial score (nSPS) is 14.4. The smallest absolute Gasteiger partial charge is 0.407 e. The van der Waals surface area contributed by atoms with E-state index in [1.165, 1.54) is 17.0 Å². The molecule has 0 bridgehead atoms. The molecule has 0 spiro atoms. The fourth-order valence-corrected chi connectivity index (χ4v) is 11.0. The molecule has 0 radical (unpaired) electrons. The van der Waals surface area contributed by atoms with E-state index < -0.39 is 24.8 Å². The third-order valence-electron chi connectivity index (χ3n) is 9.27. The van der Waals surface area contributed by atoms with Gasteiger partial charge in [0.25, 0.3) is 0 Å². The zero-order valence-electron chi connectivity index (χ0n) is 26.2. The number of carbonyl (C=O) groups is 2. The van der Waals surface area contributed by atoms with Gasteiger partial charge in [0.05, 0.1) is 6.04 Å². The molecule has 4 aromatic carbocycles. The standard InChI is InChI=1S/C39H40FN2O3P/c1-2-3-20-35(42(38(44)45)29-39(25-13-26-39)27-30-21-23-31(40)24-22-30)37(43)36(28-41)46(32-14-7-4-8-15-32,33-16-9-5-10-17-33)34-18-11-6-12-19-34/h4-12,14-19,21-24,35H,2-3,13,20,25-27,29H2,1H3,(H,44,45)/t35-/m0/s1. The predicted molar refractivity (Wildman–Crippen MR) is 185 cm³/mol. The first-order valence-corrected chi connectivity index (χ1v) is 17.8. The van der Waals surface area contributed by atoms with Gasteiger partial charge < -0.3 is 5.11 Å². The number of carboxylic acid groups (broad SMARTS) is 1. The number of nitriles is 1. The van der Waals surface area contributed by atoms with Crippen molar-refractivity contribution in [1.82, 2.24) is 4.90 Å². The number of halogens is 1. The second kappa shape index (κ2) is 14.8. The Labute approximate surface area is 271 Å². The zero-order valence-corrected chi connectivity index (χ0v) is 27.1. The van der Waals surface area contributed by atoms with Gasteiger partial charge in [-0.1, -0.05) is 129 Å². The van der Waals surface area contributed by atoms with Gasteiger partial charge >= 0.3 is 6.09 Å². The van der Waals surface area contributed by atoms with Crippen molar-refractivity contribution < 1.29 is 19.1 Å². The Morgan fingerprint density at radius 1 is 0.870 bits per heavy atom. The van der Waals surface area contributed by atoms with Crippen LogP contribution in [-0.4, -0.2) is 39.8 Å². The third kappa shape index (κ3) is 6.71. The number of carbonyl (C=O) groups excluding carboxylic acids is 1. The van der Waals surface area contributed by atoms with E-state index >= 15 is 4.79 Å². The minimum absolute atomic E-state index is 0.102. The number of hydrogen-bond acceptors (Lipinski definition) is 3. The Morgan fingerprint density at radius 2 is 1.37 bits per heavy atom. The molecule has 236 valence electrons. The maximum absolute atomic E-state index is 15.1. The lowest BCUT2D eigenvalue weighted by Gasteiger charge is -2.46. The summed E-state index contributed by atoms with van der Waals surface area (Å²) in [5.41, 5.74) is 0.576. The van der Waals surface area contributed by atoms with E-state index in [1.807, 2.05) is 97.9 Å². The van der Waals surface area contributed by atoms with E-state index in [0.29, 0.717) is 19.3 Å². The molecule has 5 rings (SSSR count). The maximum atomic E-state index is 15.1. The first kappa shape index (κ1) is 32.9. The van der Waals surface area contributed by atoms with E-state index in [9.17, 15) is 19.6 Å². The molecule has 1 N–H and O–H groups in total. The average molecular weight is 635 g/mol. The quantitative estimate of drug-likeness (QED) is 0.156. The molecular weight excluding hydrogens is 594 g/mol. The van der Waals surface area contributed by atoms with Crippen LogP contribution in [0.2, 0.25) is 0 Å². The van der Waals surface area contributed by atoms with Crippen LogP contribution in [0.25, 0.3) is 0 Å². The Hall–Kier alpha value is -4.46. The van der Waals surface area contributed by atoms with Gasteiger partial charge in [-0.3, -0.25) is 9.69 Å². The number of Topliss-reactive ketones (excluding diaryl/α,β-unsaturated/α-hetero) is 1. The van der Waals surface area contributed by atoms with Crippen LogP contribution in [0.4, 0.5) is 9.18 Å². The van der Waals surface area contributed by atoms with Crippen molar-refractivity contribution >= 4 is 40.0 Å². The van der Waals surface area contributed by atoms with E-state index in [1.54, 1.807) is 12.1 Å². The van der Waals surface area contributed by atoms with Crippen LogP contribution in [0.5, 0.6) is 0 Å². The summed E-state index contributed by atoms with van der Waals surface area (Å²) in [6.45, 7) is -0.843. The van der Waals surface area contributed by atoms with Crippen molar-refractivity contribution in [3.05, 3.63) is 127 Å². The van der Waals surface area contributed by atoms with Crippen molar-refractivity contribution in [2.45, 2.75) is 57.9 Å². The molecule has 1 atom stereocenters. The molecule has 4 aromatic rings. The Balaban J connectivity index is 1.70. The summed E-state index contributed by atoms with van der Waals surface area (Å²) >= 11 is 0. The minimum atomic E-state index is -3.03. The van der Waals surface area contributed by atoms with Crippen molar-refractivity contribution in [2.24, 2.45) is 5.41 Å². The topological polar surface area (TPSA) is 81.4 Å². The Bertz CT molecular complexity index is 1630. The average Bonchev–Trinajstić information content (AvgIpc) is 3.07. The highest BCUT2D eigenvalue weighted by Crippen LogP contribution is 2.48. The van der Waals surface area contributed by atoms with Gasteiger partial charge in [0.1, 0.15) is 17.2 Å². The van der Waals surface area contributed by atoms with Gasteiger partial charge in [-0.2, -0.15) is 5.26 Å². The lowest BCUT2D eigenvalue weighted by atomic mass is 9.65. The summed E-state index contributed by atoms with van der Waals surface area (Å²) in [7, 11) is 0. The molecule has 0 heterocycles. The minimum Gasteiger partial charge on any atom is -0.465 e. The summed E-state index contributed by atoms with van der Waals surface area (Å²) < 4.78 is 13.7. The van der Waals surface area contributed by atoms with Gasteiger partial charge in [-0.25, -0.2) is 9.18 Å². The monoisotopic (exact) mass is 634 g/mol. The van der Waals surface area contributed by atoms with Crippen LogP contribution in [0.3, 0.4) is 0 Å². The largest absolute Gasteiger partial charge is 0.465 e. The molecule has 0 aliphatic heterocycles. The highest BCUT2D eigenvalue weighted by molar-refractivity contribution is 7.97. The van der Waals surface area contributed by atoms with Gasteiger partial charge in [-0.05, 0) is 71.6 Å². The van der Waals surface area contributed by atoms with E-state index in [2.05, 4.69) is 6.07 Å². The molecule has 1 aliphatic rings. The zero-order chi connectivity index (χ0) is 32.6. The molecule has 1 amide bonds. The van der Waals surface area contributed by atoms with Crippen LogP contribution in [0.1, 0.15) is 51.0 Å². The molecule has 5 nitrogen and oxygen atoms in total. The molecule has 0 unspecified atom stereocenters. The van der Waals surface area contributed by atoms with E-state index in [-0.39, 0.29) is 23.1 Å². The summed E-state index contributed by atoms with van der Waals surface area (Å²) in [6.07, 6.45) is 3.74. The number of ketones is 1. The lowest BCUT2D eigenvalue weighted by molar-refractivity contribution is -0.118. The van der Waals surface area contributed by atoms with Crippen molar-refractivity contribution in [1.29, 1.82) is 5.26 Å². The van der Waals surface area contributed by atoms with Crippen LogP contribution < -0.4 is 15.9 Å². The Kier molecular flexibility index (Phi) is 10.6. The second-order valence-corrected chi connectivity index (χ2v) is 15.6. The predicted octanol–water partition coefficient (Wildman–Crippen LogP) is 7.34. The SMILES string of the molecule is CCCC[C@@H](C(=O)C(C#N)=P(c1ccccc1)(c1ccccc1)c1ccccc1)N(CC1(Cc2ccc(F)cc2)CCC1)C(=O)O. The summed E-state index contributed by atoms with van der Waals surface area (Å²) in [4.78, 5) is 29.6. The fraction of sp³-hybridized carbons (Fsp3) is 0.282.